The van der Waals surface area contributed by atoms with Gasteiger partial charge in [-0.25, -0.2) is 0 Å². The van der Waals surface area contributed by atoms with Gasteiger partial charge in [0.25, 0.3) is 0 Å². The van der Waals surface area contributed by atoms with Crippen LogP contribution < -0.4 is 0 Å². The van der Waals surface area contributed by atoms with Gasteiger partial charge in [0.05, 0.1) is 0 Å². The Hall–Kier alpha value is 0.870. The Morgan fingerprint density at radius 1 is 0.462 bits per heavy atom. The Morgan fingerprint density at radius 3 is 0.923 bits per heavy atom. The fourth-order valence-electron chi connectivity index (χ4n) is 1.21. The molecule has 0 spiro atoms. The van der Waals surface area contributed by atoms with Crippen LogP contribution >= 0.6 is 37.2 Å². The first kappa shape index (κ1) is 23.6. The van der Waals surface area contributed by atoms with Crippen LogP contribution in [0.25, 0.3) is 0 Å². The van der Waals surface area contributed by atoms with E-state index in [1.165, 1.54) is 51.4 Å². The molecular weight excluding hydrogens is 226 g/mol. The monoisotopic (exact) mass is 250 g/mol. The molecule has 3 heteroatoms. The summed E-state index contributed by atoms with van der Waals surface area (Å²) in [6.07, 6.45) is 11.5. The SMILES string of the molecule is CCCCCCCCCC.Cl.Cl.Cl. The maximum Gasteiger partial charge on any atom is -0.0533 e. The highest BCUT2D eigenvalue weighted by molar-refractivity contribution is 5.86. The molecule has 0 rings (SSSR count). The van der Waals surface area contributed by atoms with Crippen LogP contribution in [-0.4, -0.2) is 0 Å². The first-order valence-electron chi connectivity index (χ1n) is 4.91. The number of hydrogen-bond acceptors (Lipinski definition) is 0. The summed E-state index contributed by atoms with van der Waals surface area (Å²) in [5.41, 5.74) is 0. The zero-order valence-corrected chi connectivity index (χ0v) is 11.3. The van der Waals surface area contributed by atoms with Crippen molar-refractivity contribution in [1.82, 2.24) is 0 Å². The van der Waals surface area contributed by atoms with Gasteiger partial charge in [0.1, 0.15) is 0 Å². The van der Waals surface area contributed by atoms with E-state index in [-0.39, 0.29) is 37.2 Å². The molecule has 86 valence electrons. The van der Waals surface area contributed by atoms with E-state index in [1.807, 2.05) is 0 Å². The smallest absolute Gasteiger partial charge is 0.0533 e. The van der Waals surface area contributed by atoms with Crippen molar-refractivity contribution < 1.29 is 0 Å². The summed E-state index contributed by atoms with van der Waals surface area (Å²) in [7, 11) is 0. The number of rotatable bonds is 7. The number of hydrogen-bond donors (Lipinski definition) is 0. The van der Waals surface area contributed by atoms with Crippen LogP contribution in [0.4, 0.5) is 0 Å². The third-order valence-corrected chi connectivity index (χ3v) is 1.96. The molecule has 0 aromatic heterocycles. The summed E-state index contributed by atoms with van der Waals surface area (Å²) in [4.78, 5) is 0. The molecule has 0 N–H and O–H groups in total. The Bertz CT molecular complexity index is 50.1. The zero-order valence-electron chi connectivity index (χ0n) is 8.88. The van der Waals surface area contributed by atoms with Gasteiger partial charge >= 0.3 is 0 Å². The molecule has 0 amide bonds. The second kappa shape index (κ2) is 23.0. The normalized spacial score (nSPS) is 7.85. The van der Waals surface area contributed by atoms with Crippen LogP contribution in [0.3, 0.4) is 0 Å². The molecule has 0 aromatic rings. The van der Waals surface area contributed by atoms with Gasteiger partial charge in [-0.15, -0.1) is 37.2 Å². The van der Waals surface area contributed by atoms with E-state index in [9.17, 15) is 0 Å². The van der Waals surface area contributed by atoms with Crippen LogP contribution in [0.1, 0.15) is 65.2 Å². The van der Waals surface area contributed by atoms with Gasteiger partial charge in [0.15, 0.2) is 0 Å². The van der Waals surface area contributed by atoms with Crippen LogP contribution in [0.2, 0.25) is 0 Å². The second-order valence-corrected chi connectivity index (χ2v) is 3.12. The summed E-state index contributed by atoms with van der Waals surface area (Å²) in [5, 5.41) is 0. The highest BCUT2D eigenvalue weighted by Crippen LogP contribution is 2.07. The summed E-state index contributed by atoms with van der Waals surface area (Å²) >= 11 is 0. The van der Waals surface area contributed by atoms with E-state index in [0.29, 0.717) is 0 Å². The van der Waals surface area contributed by atoms with Crippen molar-refractivity contribution in [3.05, 3.63) is 0 Å². The van der Waals surface area contributed by atoms with Crippen molar-refractivity contribution in [2.75, 3.05) is 0 Å². The molecule has 0 unspecified atom stereocenters. The lowest BCUT2D eigenvalue weighted by atomic mass is 10.1. The van der Waals surface area contributed by atoms with E-state index < -0.39 is 0 Å². The fraction of sp³-hybridized carbons (Fsp3) is 1.00. The zero-order chi connectivity index (χ0) is 7.66. The first-order chi connectivity index (χ1) is 4.91. The molecule has 0 fully saturated rings. The van der Waals surface area contributed by atoms with Crippen LogP contribution in [0.5, 0.6) is 0 Å². The molecule has 0 aliphatic carbocycles. The van der Waals surface area contributed by atoms with Crippen LogP contribution in [0, 0.1) is 0 Å². The maximum atomic E-state index is 2.27. The molecule has 0 aromatic carbocycles. The van der Waals surface area contributed by atoms with Crippen molar-refractivity contribution in [3.63, 3.8) is 0 Å². The average molecular weight is 252 g/mol. The van der Waals surface area contributed by atoms with Gasteiger partial charge in [-0.3, -0.25) is 0 Å². The maximum absolute atomic E-state index is 2.27. The van der Waals surface area contributed by atoms with E-state index in [1.54, 1.807) is 0 Å². The van der Waals surface area contributed by atoms with Crippen molar-refractivity contribution in [3.8, 4) is 0 Å². The summed E-state index contributed by atoms with van der Waals surface area (Å²) < 4.78 is 0. The Morgan fingerprint density at radius 2 is 0.692 bits per heavy atom. The molecule has 0 saturated heterocycles. The van der Waals surface area contributed by atoms with E-state index in [4.69, 9.17) is 0 Å². The third-order valence-electron chi connectivity index (χ3n) is 1.96. The molecule has 0 bridgehead atoms. The average Bonchev–Trinajstić information content (AvgIpc) is 1.97. The lowest BCUT2D eigenvalue weighted by Crippen LogP contribution is -1.77. The lowest BCUT2D eigenvalue weighted by Gasteiger charge is -1.97. The quantitative estimate of drug-likeness (QED) is 0.531. The third kappa shape index (κ3) is 24.6. The summed E-state index contributed by atoms with van der Waals surface area (Å²) in [6.45, 7) is 4.54. The molecule has 0 aliphatic heterocycles. The van der Waals surface area contributed by atoms with Crippen molar-refractivity contribution in [2.24, 2.45) is 0 Å². The molecule has 0 saturated carbocycles. The lowest BCUT2D eigenvalue weighted by molar-refractivity contribution is 0.585. The van der Waals surface area contributed by atoms with Gasteiger partial charge in [-0.2, -0.15) is 0 Å². The molecule has 0 heterocycles. The number of unbranched alkanes of at least 4 members (excludes halogenated alkanes) is 7. The topological polar surface area (TPSA) is 0 Å². The predicted molar refractivity (Wildman–Crippen MR) is 70.0 cm³/mol. The van der Waals surface area contributed by atoms with Gasteiger partial charge < -0.3 is 0 Å². The highest BCUT2D eigenvalue weighted by Gasteiger charge is 1.87. The molecule has 0 nitrogen and oxygen atoms in total. The van der Waals surface area contributed by atoms with Gasteiger partial charge in [0, 0.05) is 0 Å². The van der Waals surface area contributed by atoms with Gasteiger partial charge in [0.2, 0.25) is 0 Å². The molecule has 0 radical (unpaired) electrons. The standard InChI is InChI=1S/C10H22.3ClH/c1-3-5-7-9-10-8-6-4-2;;;/h3-10H2,1-2H3;3*1H. The largest absolute Gasteiger partial charge is 0.147 e. The molecule has 0 aliphatic rings. The minimum Gasteiger partial charge on any atom is -0.147 e. The minimum atomic E-state index is 0. The van der Waals surface area contributed by atoms with Crippen molar-refractivity contribution >= 4 is 37.2 Å². The molecule has 0 atom stereocenters. The van der Waals surface area contributed by atoms with Crippen LogP contribution in [0.15, 0.2) is 0 Å². The van der Waals surface area contributed by atoms with Gasteiger partial charge in [-0.1, -0.05) is 65.2 Å². The summed E-state index contributed by atoms with van der Waals surface area (Å²) in [6, 6.07) is 0. The fourth-order valence-corrected chi connectivity index (χ4v) is 1.21. The second-order valence-electron chi connectivity index (χ2n) is 3.12. The van der Waals surface area contributed by atoms with Crippen molar-refractivity contribution in [2.45, 2.75) is 65.2 Å². The first-order valence-corrected chi connectivity index (χ1v) is 4.91. The van der Waals surface area contributed by atoms with E-state index in [0.717, 1.165) is 0 Å². The highest BCUT2D eigenvalue weighted by atomic mass is 35.5. The summed E-state index contributed by atoms with van der Waals surface area (Å²) in [5.74, 6) is 0. The predicted octanol–water partition coefficient (Wildman–Crippen LogP) is 5.41. The minimum absolute atomic E-state index is 0. The van der Waals surface area contributed by atoms with E-state index >= 15 is 0 Å². The van der Waals surface area contributed by atoms with E-state index in [2.05, 4.69) is 13.8 Å². The molecular formula is C10H25Cl3. The molecule has 13 heavy (non-hydrogen) atoms. The Labute approximate surface area is 102 Å². The van der Waals surface area contributed by atoms with Crippen molar-refractivity contribution in [1.29, 1.82) is 0 Å². The Kier molecular flexibility index (Phi) is 41.8. The van der Waals surface area contributed by atoms with Crippen LogP contribution in [-0.2, 0) is 0 Å². The Balaban J connectivity index is -0.000000135. The number of halogens is 3. The van der Waals surface area contributed by atoms with Gasteiger partial charge in [-0.05, 0) is 0 Å².